The lowest BCUT2D eigenvalue weighted by atomic mass is 10.1. The van der Waals surface area contributed by atoms with Crippen LogP contribution >= 0.6 is 0 Å². The fourth-order valence-corrected chi connectivity index (χ4v) is 2.44. The Morgan fingerprint density at radius 2 is 2.00 bits per heavy atom. The lowest BCUT2D eigenvalue weighted by Gasteiger charge is -2.29. The van der Waals surface area contributed by atoms with Crippen LogP contribution < -0.4 is 16.8 Å². The molecule has 2 heterocycles. The molecule has 7 nitrogen and oxygen atoms in total. The number of amides is 2. The zero-order valence-electron chi connectivity index (χ0n) is 12.1. The van der Waals surface area contributed by atoms with Crippen LogP contribution in [-0.4, -0.2) is 40.8 Å². The van der Waals surface area contributed by atoms with Gasteiger partial charge in [0.05, 0.1) is 17.4 Å². The predicted octanol–water partition coefficient (Wildman–Crippen LogP) is 0.576. The number of rotatable bonds is 4. The van der Waals surface area contributed by atoms with Crippen LogP contribution in [0.15, 0.2) is 12.3 Å². The highest BCUT2D eigenvalue weighted by molar-refractivity contribution is 5.99. The number of nitrogens with one attached hydrogen (secondary N) is 1. The maximum atomic E-state index is 12.3. The maximum absolute atomic E-state index is 12.3. The minimum absolute atomic E-state index is 0.00347. The lowest BCUT2D eigenvalue weighted by molar-refractivity contribution is -0.132. The van der Waals surface area contributed by atoms with Gasteiger partial charge in [0.25, 0.3) is 5.91 Å². The van der Waals surface area contributed by atoms with Crippen LogP contribution in [0.1, 0.15) is 36.5 Å². The van der Waals surface area contributed by atoms with E-state index in [1.807, 2.05) is 4.90 Å². The Balaban J connectivity index is 2.10. The van der Waals surface area contributed by atoms with Crippen LogP contribution in [0.3, 0.4) is 0 Å². The van der Waals surface area contributed by atoms with Crippen LogP contribution in [0.5, 0.6) is 0 Å². The van der Waals surface area contributed by atoms with Crippen LogP contribution in [-0.2, 0) is 4.79 Å². The third-order valence-electron chi connectivity index (χ3n) is 3.57. The van der Waals surface area contributed by atoms with E-state index in [9.17, 15) is 9.59 Å². The van der Waals surface area contributed by atoms with Gasteiger partial charge in [-0.3, -0.25) is 9.59 Å². The number of likely N-dealkylation sites (tertiary alicyclic amines) is 1. The minimum atomic E-state index is -0.630. The number of nitrogens with zero attached hydrogens (tertiary/aromatic N) is 2. The second kappa shape index (κ2) is 6.43. The van der Waals surface area contributed by atoms with Gasteiger partial charge < -0.3 is 21.7 Å². The summed E-state index contributed by atoms with van der Waals surface area (Å²) in [5.74, 6) is -0.340. The number of hydrogen-bond acceptors (Lipinski definition) is 5. The second-order valence-corrected chi connectivity index (χ2v) is 5.28. The zero-order valence-corrected chi connectivity index (χ0v) is 12.1. The molecule has 1 aromatic rings. The van der Waals surface area contributed by atoms with Gasteiger partial charge in [-0.1, -0.05) is 0 Å². The quantitative estimate of drug-likeness (QED) is 0.750. The highest BCUT2D eigenvalue weighted by Gasteiger charge is 2.23. The lowest BCUT2D eigenvalue weighted by Crippen LogP contribution is -2.44. The molecular weight excluding hydrogens is 270 g/mol. The van der Waals surface area contributed by atoms with E-state index in [1.165, 1.54) is 12.3 Å². The first-order valence-electron chi connectivity index (χ1n) is 7.09. The van der Waals surface area contributed by atoms with E-state index in [2.05, 4.69) is 10.3 Å². The zero-order chi connectivity index (χ0) is 15.4. The summed E-state index contributed by atoms with van der Waals surface area (Å²) in [4.78, 5) is 29.7. The molecule has 1 aliphatic heterocycles. The first-order chi connectivity index (χ1) is 9.99. The van der Waals surface area contributed by atoms with E-state index in [0.29, 0.717) is 5.69 Å². The molecule has 2 rings (SSSR count). The van der Waals surface area contributed by atoms with Gasteiger partial charge in [0, 0.05) is 13.1 Å². The summed E-state index contributed by atoms with van der Waals surface area (Å²) in [6.07, 6.45) is 4.65. The van der Waals surface area contributed by atoms with Crippen LogP contribution in [0.4, 0.5) is 11.5 Å². The van der Waals surface area contributed by atoms with Crippen LogP contribution in [0, 0.1) is 0 Å². The monoisotopic (exact) mass is 291 g/mol. The molecule has 1 fully saturated rings. The Labute approximate surface area is 123 Å². The highest BCUT2D eigenvalue weighted by Crippen LogP contribution is 2.17. The molecule has 0 bridgehead atoms. The van der Waals surface area contributed by atoms with Crippen LogP contribution in [0.25, 0.3) is 0 Å². The van der Waals surface area contributed by atoms with Gasteiger partial charge in [-0.05, 0) is 32.3 Å². The number of nitrogen functional groups attached to an aromatic ring is 1. The van der Waals surface area contributed by atoms with Crippen molar-refractivity contribution in [1.29, 1.82) is 0 Å². The van der Waals surface area contributed by atoms with E-state index in [1.54, 1.807) is 6.92 Å². The van der Waals surface area contributed by atoms with E-state index in [0.717, 1.165) is 32.4 Å². The molecule has 1 saturated heterocycles. The molecule has 114 valence electrons. The molecule has 21 heavy (non-hydrogen) atoms. The highest BCUT2D eigenvalue weighted by atomic mass is 16.2. The molecule has 2 amide bonds. The minimum Gasteiger partial charge on any atom is -0.397 e. The van der Waals surface area contributed by atoms with Crippen LogP contribution in [0.2, 0.25) is 0 Å². The van der Waals surface area contributed by atoms with Crippen molar-refractivity contribution in [2.45, 2.75) is 32.2 Å². The molecule has 0 spiro atoms. The molecule has 0 saturated carbocycles. The number of carbonyl (C=O) groups is 2. The number of anilines is 2. The predicted molar refractivity (Wildman–Crippen MR) is 80.7 cm³/mol. The van der Waals surface area contributed by atoms with Crippen molar-refractivity contribution >= 4 is 23.3 Å². The molecule has 1 aromatic heterocycles. The Morgan fingerprint density at radius 1 is 1.33 bits per heavy atom. The van der Waals surface area contributed by atoms with Crippen molar-refractivity contribution in [2.24, 2.45) is 5.73 Å². The van der Waals surface area contributed by atoms with E-state index in [4.69, 9.17) is 11.5 Å². The van der Waals surface area contributed by atoms with Gasteiger partial charge in [-0.2, -0.15) is 0 Å². The number of piperidine rings is 1. The Kier molecular flexibility index (Phi) is 4.62. The van der Waals surface area contributed by atoms with Gasteiger partial charge in [0.1, 0.15) is 11.9 Å². The molecule has 0 aliphatic carbocycles. The van der Waals surface area contributed by atoms with Gasteiger partial charge in [0.15, 0.2) is 0 Å². The molecule has 1 unspecified atom stereocenters. The summed E-state index contributed by atoms with van der Waals surface area (Å²) < 4.78 is 0. The van der Waals surface area contributed by atoms with E-state index < -0.39 is 11.9 Å². The second-order valence-electron chi connectivity index (χ2n) is 5.28. The summed E-state index contributed by atoms with van der Waals surface area (Å²) in [5.41, 5.74) is 11.4. The number of nitrogens with two attached hydrogens (primary N) is 2. The normalized spacial score (nSPS) is 16.3. The SMILES string of the molecule is CC(Nc1ncc(N)cc1C(N)=O)C(=O)N1CCCCC1. The molecular formula is C14H21N5O2. The number of pyridine rings is 1. The summed E-state index contributed by atoms with van der Waals surface area (Å²) in [5, 5.41) is 2.96. The fourth-order valence-electron chi connectivity index (χ4n) is 2.44. The summed E-state index contributed by atoms with van der Waals surface area (Å²) >= 11 is 0. The van der Waals surface area contributed by atoms with Gasteiger partial charge >= 0.3 is 0 Å². The van der Waals surface area contributed by atoms with Crippen molar-refractivity contribution < 1.29 is 9.59 Å². The standard InChI is InChI=1S/C14H21N5O2/c1-9(14(21)19-5-3-2-4-6-19)18-13-11(12(16)20)7-10(15)8-17-13/h7-9H,2-6,15H2,1H3,(H2,16,20)(H,17,18). The third kappa shape index (κ3) is 3.62. The molecule has 0 aromatic carbocycles. The number of aromatic nitrogens is 1. The average Bonchev–Trinajstić information content (AvgIpc) is 2.49. The average molecular weight is 291 g/mol. The number of carbonyl (C=O) groups excluding carboxylic acids is 2. The molecule has 7 heteroatoms. The summed E-state index contributed by atoms with van der Waals surface area (Å²) in [6.45, 7) is 3.31. The number of primary amides is 1. The topological polar surface area (TPSA) is 114 Å². The van der Waals surface area contributed by atoms with Crippen molar-refractivity contribution in [3.63, 3.8) is 0 Å². The fraction of sp³-hybridized carbons (Fsp3) is 0.500. The van der Waals surface area contributed by atoms with Crippen molar-refractivity contribution in [3.05, 3.63) is 17.8 Å². The van der Waals surface area contributed by atoms with E-state index >= 15 is 0 Å². The maximum Gasteiger partial charge on any atom is 0.252 e. The first-order valence-corrected chi connectivity index (χ1v) is 7.09. The van der Waals surface area contributed by atoms with E-state index in [-0.39, 0.29) is 17.3 Å². The Morgan fingerprint density at radius 3 is 2.62 bits per heavy atom. The molecule has 5 N–H and O–H groups in total. The van der Waals surface area contributed by atoms with Gasteiger partial charge in [-0.25, -0.2) is 4.98 Å². The Bertz CT molecular complexity index is 540. The summed E-state index contributed by atoms with van der Waals surface area (Å²) in [7, 11) is 0. The molecule has 1 aliphatic rings. The van der Waals surface area contributed by atoms with Crippen molar-refractivity contribution in [3.8, 4) is 0 Å². The first kappa shape index (κ1) is 15.1. The van der Waals surface area contributed by atoms with Gasteiger partial charge in [-0.15, -0.1) is 0 Å². The van der Waals surface area contributed by atoms with Crippen molar-refractivity contribution in [2.75, 3.05) is 24.1 Å². The Hall–Kier alpha value is -2.31. The van der Waals surface area contributed by atoms with Crippen molar-refractivity contribution in [1.82, 2.24) is 9.88 Å². The summed E-state index contributed by atoms with van der Waals surface area (Å²) in [6, 6.07) is 0.979. The molecule has 1 atom stereocenters. The smallest absolute Gasteiger partial charge is 0.252 e. The largest absolute Gasteiger partial charge is 0.397 e. The number of hydrogen-bond donors (Lipinski definition) is 3. The molecule has 0 radical (unpaired) electrons. The van der Waals surface area contributed by atoms with Gasteiger partial charge in [0.2, 0.25) is 5.91 Å². The third-order valence-corrected chi connectivity index (χ3v) is 3.57.